The maximum atomic E-state index is 5.37. The second kappa shape index (κ2) is 2.84. The molecule has 0 radical (unpaired) electrons. The number of aromatic nitrogens is 1. The molecule has 0 spiro atoms. The zero-order valence-electron chi connectivity index (χ0n) is 8.22. The molecule has 2 nitrogen and oxygen atoms in total. The Bertz CT molecular complexity index is 330. The fourth-order valence-corrected chi connectivity index (χ4v) is 2.83. The Morgan fingerprint density at radius 1 is 1.62 bits per heavy atom. The van der Waals surface area contributed by atoms with Crippen LogP contribution in [0.4, 0.5) is 0 Å². The highest BCUT2D eigenvalue weighted by atomic mass is 79.9. The average molecular weight is 244 g/mol. The highest BCUT2D eigenvalue weighted by Gasteiger charge is 2.40. The van der Waals surface area contributed by atoms with E-state index in [9.17, 15) is 0 Å². The maximum absolute atomic E-state index is 5.37. The topological polar surface area (TPSA) is 26.0 Å². The number of rotatable bonds is 1. The summed E-state index contributed by atoms with van der Waals surface area (Å²) in [6.07, 6.45) is 1.17. The first-order valence-corrected chi connectivity index (χ1v) is 5.73. The molecule has 1 unspecified atom stereocenters. The van der Waals surface area contributed by atoms with Crippen LogP contribution >= 0.6 is 15.9 Å². The second-order valence-electron chi connectivity index (χ2n) is 4.49. The highest BCUT2D eigenvalue weighted by molar-refractivity contribution is 9.08. The van der Waals surface area contributed by atoms with Gasteiger partial charge in [0.15, 0.2) is 0 Å². The van der Waals surface area contributed by atoms with Crippen LogP contribution in [-0.2, 0) is 10.7 Å². The predicted octanol–water partition coefficient (Wildman–Crippen LogP) is 3.35. The van der Waals surface area contributed by atoms with Crippen LogP contribution in [0.2, 0.25) is 0 Å². The monoisotopic (exact) mass is 243 g/mol. The van der Waals surface area contributed by atoms with E-state index in [0.717, 1.165) is 16.8 Å². The number of nitrogens with zero attached hydrogens (tertiary/aromatic N) is 1. The lowest BCUT2D eigenvalue weighted by molar-refractivity contribution is 0.357. The Balaban J connectivity index is 2.56. The van der Waals surface area contributed by atoms with Crippen molar-refractivity contribution in [2.75, 3.05) is 0 Å². The van der Waals surface area contributed by atoms with E-state index in [0.29, 0.717) is 5.92 Å². The van der Waals surface area contributed by atoms with Gasteiger partial charge >= 0.3 is 0 Å². The zero-order chi connectivity index (χ0) is 9.64. The lowest BCUT2D eigenvalue weighted by Gasteiger charge is -2.18. The average Bonchev–Trinajstić information content (AvgIpc) is 2.53. The molecule has 3 heteroatoms. The lowest BCUT2D eigenvalue weighted by Crippen LogP contribution is -2.13. The van der Waals surface area contributed by atoms with E-state index in [1.807, 2.05) is 0 Å². The molecule has 0 amide bonds. The van der Waals surface area contributed by atoms with Gasteiger partial charge in [0.2, 0.25) is 0 Å². The van der Waals surface area contributed by atoms with Gasteiger partial charge in [-0.3, -0.25) is 0 Å². The predicted molar refractivity (Wildman–Crippen MR) is 55.2 cm³/mol. The highest BCUT2D eigenvalue weighted by Crippen LogP contribution is 2.47. The van der Waals surface area contributed by atoms with Crippen LogP contribution in [-0.4, -0.2) is 5.16 Å². The molecule has 1 heterocycles. The van der Waals surface area contributed by atoms with Crippen molar-refractivity contribution in [3.05, 3.63) is 17.0 Å². The van der Waals surface area contributed by atoms with Gasteiger partial charge in [0.25, 0.3) is 0 Å². The van der Waals surface area contributed by atoms with E-state index in [1.165, 1.54) is 12.0 Å². The first-order valence-electron chi connectivity index (χ1n) is 4.61. The molecule has 1 aliphatic carbocycles. The summed E-state index contributed by atoms with van der Waals surface area (Å²) in [7, 11) is 0. The molecule has 13 heavy (non-hydrogen) atoms. The molecule has 1 aliphatic rings. The fraction of sp³-hybridized carbons (Fsp3) is 0.700. The van der Waals surface area contributed by atoms with Crippen LogP contribution in [0.15, 0.2) is 4.52 Å². The van der Waals surface area contributed by atoms with Crippen molar-refractivity contribution in [1.82, 2.24) is 5.16 Å². The van der Waals surface area contributed by atoms with Crippen molar-refractivity contribution >= 4 is 15.9 Å². The summed E-state index contributed by atoms with van der Waals surface area (Å²) in [6, 6.07) is 0. The Hall–Kier alpha value is -0.310. The molecular weight excluding hydrogens is 230 g/mol. The standard InChI is InChI=1S/C10H14BrNO/c1-6-4-10(2,3)8-7(5-11)12-13-9(6)8/h6H,4-5H2,1-3H3. The van der Waals surface area contributed by atoms with Crippen LogP contribution in [0.3, 0.4) is 0 Å². The third kappa shape index (κ3) is 1.25. The van der Waals surface area contributed by atoms with E-state index in [-0.39, 0.29) is 5.41 Å². The molecule has 0 bridgehead atoms. The first kappa shape index (κ1) is 9.25. The van der Waals surface area contributed by atoms with Crippen LogP contribution in [0.1, 0.15) is 50.1 Å². The van der Waals surface area contributed by atoms with Crippen LogP contribution < -0.4 is 0 Å². The van der Waals surface area contributed by atoms with E-state index in [2.05, 4.69) is 41.9 Å². The van der Waals surface area contributed by atoms with Crippen molar-refractivity contribution in [3.63, 3.8) is 0 Å². The minimum Gasteiger partial charge on any atom is -0.361 e. The number of halogens is 1. The molecule has 0 fully saturated rings. The van der Waals surface area contributed by atoms with Gasteiger partial charge in [0.05, 0.1) is 5.69 Å². The molecule has 1 aromatic rings. The van der Waals surface area contributed by atoms with Gasteiger partial charge in [-0.15, -0.1) is 0 Å². The normalized spacial score (nSPS) is 24.8. The summed E-state index contributed by atoms with van der Waals surface area (Å²) >= 11 is 3.44. The second-order valence-corrected chi connectivity index (χ2v) is 5.05. The SMILES string of the molecule is CC1CC(C)(C)c2c(CBr)noc21. The van der Waals surface area contributed by atoms with Crippen molar-refractivity contribution < 1.29 is 4.52 Å². The van der Waals surface area contributed by atoms with Gasteiger partial charge in [0, 0.05) is 16.8 Å². The number of hydrogen-bond donors (Lipinski definition) is 0. The Morgan fingerprint density at radius 3 is 2.92 bits per heavy atom. The molecule has 0 saturated carbocycles. The summed E-state index contributed by atoms with van der Waals surface area (Å²) in [6.45, 7) is 6.73. The minimum atomic E-state index is 0.234. The van der Waals surface area contributed by atoms with E-state index in [1.54, 1.807) is 0 Å². The maximum Gasteiger partial charge on any atom is 0.143 e. The Morgan fingerprint density at radius 2 is 2.31 bits per heavy atom. The molecule has 0 N–H and O–H groups in total. The van der Waals surface area contributed by atoms with Gasteiger partial charge in [-0.05, 0) is 11.8 Å². The smallest absolute Gasteiger partial charge is 0.143 e. The van der Waals surface area contributed by atoms with Crippen molar-refractivity contribution in [2.45, 2.75) is 43.9 Å². The molecule has 0 aliphatic heterocycles. The lowest BCUT2D eigenvalue weighted by atomic mass is 9.86. The van der Waals surface area contributed by atoms with E-state index < -0.39 is 0 Å². The Labute approximate surface area is 86.8 Å². The minimum absolute atomic E-state index is 0.234. The van der Waals surface area contributed by atoms with Gasteiger partial charge in [0.1, 0.15) is 5.76 Å². The summed E-state index contributed by atoms with van der Waals surface area (Å²) in [5.74, 6) is 1.62. The summed E-state index contributed by atoms with van der Waals surface area (Å²) in [4.78, 5) is 0. The van der Waals surface area contributed by atoms with Gasteiger partial charge < -0.3 is 4.52 Å². The molecule has 0 saturated heterocycles. The molecule has 1 atom stereocenters. The van der Waals surface area contributed by atoms with Crippen molar-refractivity contribution in [1.29, 1.82) is 0 Å². The third-order valence-corrected chi connectivity index (χ3v) is 3.39. The summed E-state index contributed by atoms with van der Waals surface area (Å²) in [5, 5.41) is 4.87. The van der Waals surface area contributed by atoms with Crippen molar-refractivity contribution in [3.8, 4) is 0 Å². The van der Waals surface area contributed by atoms with E-state index >= 15 is 0 Å². The van der Waals surface area contributed by atoms with Crippen LogP contribution in [0.5, 0.6) is 0 Å². The molecule has 2 rings (SSSR count). The third-order valence-electron chi connectivity index (χ3n) is 2.86. The fourth-order valence-electron chi connectivity index (χ4n) is 2.45. The van der Waals surface area contributed by atoms with Crippen LogP contribution in [0.25, 0.3) is 0 Å². The van der Waals surface area contributed by atoms with Crippen LogP contribution in [0, 0.1) is 0 Å². The number of fused-ring (bicyclic) bond motifs is 1. The number of alkyl halides is 1. The van der Waals surface area contributed by atoms with Gasteiger partial charge in [-0.25, -0.2) is 0 Å². The van der Waals surface area contributed by atoms with Gasteiger partial charge in [-0.1, -0.05) is 41.9 Å². The van der Waals surface area contributed by atoms with E-state index in [4.69, 9.17) is 4.52 Å². The molecule has 0 aromatic carbocycles. The summed E-state index contributed by atoms with van der Waals surface area (Å²) < 4.78 is 5.37. The largest absolute Gasteiger partial charge is 0.361 e. The molecule has 1 aromatic heterocycles. The Kier molecular flexibility index (Phi) is 2.02. The summed E-state index contributed by atoms with van der Waals surface area (Å²) in [5.41, 5.74) is 2.64. The zero-order valence-corrected chi connectivity index (χ0v) is 9.81. The molecule has 72 valence electrons. The van der Waals surface area contributed by atoms with Gasteiger partial charge in [-0.2, -0.15) is 0 Å². The van der Waals surface area contributed by atoms with Crippen molar-refractivity contribution in [2.24, 2.45) is 0 Å². The quantitative estimate of drug-likeness (QED) is 0.708. The number of hydrogen-bond acceptors (Lipinski definition) is 2. The molecular formula is C10H14BrNO. The first-order chi connectivity index (χ1) is 6.06.